The van der Waals surface area contributed by atoms with E-state index in [0.717, 1.165) is 5.75 Å². The van der Waals surface area contributed by atoms with Crippen LogP contribution in [-0.2, 0) is 56.8 Å². The van der Waals surface area contributed by atoms with Crippen molar-refractivity contribution >= 4 is 0 Å². The predicted octanol–water partition coefficient (Wildman–Crippen LogP) is 0.618. The molecule has 15 heteroatoms. The Morgan fingerprint density at radius 3 is 1.02 bits per heavy atom. The summed E-state index contributed by atoms with van der Waals surface area (Å²) in [5.74, 6) is 0.766. The summed E-state index contributed by atoms with van der Waals surface area (Å²) in [7, 11) is 0. The molecule has 0 aliphatic carbocycles. The number of hydrogen-bond acceptors (Lipinski definition) is 15. The Hall–Kier alpha value is -1.54. The van der Waals surface area contributed by atoms with E-state index in [1.807, 2.05) is 30.3 Å². The van der Waals surface area contributed by atoms with Crippen molar-refractivity contribution in [3.63, 3.8) is 0 Å². The van der Waals surface area contributed by atoms with Crippen LogP contribution in [0.2, 0.25) is 0 Å². The summed E-state index contributed by atoms with van der Waals surface area (Å²) in [4.78, 5) is 0. The molecule has 1 rings (SSSR count). The summed E-state index contributed by atoms with van der Waals surface area (Å²) in [6, 6.07) is 9.57. The fraction of sp³-hybridized carbons (Fsp3) is 0.818. The summed E-state index contributed by atoms with van der Waals surface area (Å²) in [6.07, 6.45) is -0.271. The number of aliphatic hydroxyl groups is 2. The van der Waals surface area contributed by atoms with Gasteiger partial charge in [0.2, 0.25) is 0 Å². The second-order valence-electron chi connectivity index (χ2n) is 9.76. The fourth-order valence-corrected chi connectivity index (χ4v) is 3.55. The molecular formula is C33H60O15. The lowest BCUT2D eigenvalue weighted by atomic mass is 10.3. The van der Waals surface area contributed by atoms with Gasteiger partial charge in [0.25, 0.3) is 0 Å². The maximum Gasteiger partial charge on any atom is 0.119 e. The predicted molar refractivity (Wildman–Crippen MR) is 175 cm³/mol. The highest BCUT2D eigenvalue weighted by atomic mass is 16.6. The molecule has 1 unspecified atom stereocenters. The van der Waals surface area contributed by atoms with Crippen LogP contribution in [-0.4, -0.2) is 188 Å². The Morgan fingerprint density at radius 1 is 0.354 bits per heavy atom. The molecule has 282 valence electrons. The lowest BCUT2D eigenvalue weighted by Crippen LogP contribution is -2.29. The molecule has 15 nitrogen and oxygen atoms in total. The molecule has 0 aliphatic rings. The SMILES string of the molecule is OCCOCCOCCOCCOCCOCCOCC(COc1ccccc1)OCCOCCOCCOCCOCCOCCO. The zero-order valence-corrected chi connectivity index (χ0v) is 28.6. The Labute approximate surface area is 285 Å². The standard InChI is InChI=1S/C33H60O15/c34-6-8-36-10-12-38-14-16-40-18-19-42-22-23-44-26-27-46-30-33(31-48-32-4-2-1-3-5-32)47-29-28-45-25-24-43-21-20-41-17-15-39-13-11-37-9-7-35/h1-5,33-35H,6-31H2. The van der Waals surface area contributed by atoms with E-state index in [4.69, 9.17) is 71.8 Å². The highest BCUT2D eigenvalue weighted by Crippen LogP contribution is 2.09. The maximum absolute atomic E-state index is 8.62. The molecule has 1 aromatic carbocycles. The van der Waals surface area contributed by atoms with E-state index in [2.05, 4.69) is 0 Å². The average molecular weight is 697 g/mol. The van der Waals surface area contributed by atoms with E-state index in [0.29, 0.717) is 159 Å². The van der Waals surface area contributed by atoms with Crippen LogP contribution in [0.5, 0.6) is 5.75 Å². The van der Waals surface area contributed by atoms with E-state index in [1.165, 1.54) is 0 Å². The third-order valence-corrected chi connectivity index (χ3v) is 5.88. The minimum Gasteiger partial charge on any atom is -0.491 e. The molecule has 0 fully saturated rings. The van der Waals surface area contributed by atoms with Crippen molar-refractivity contribution in [3.8, 4) is 5.75 Å². The Bertz CT molecular complexity index is 734. The van der Waals surface area contributed by atoms with Crippen LogP contribution in [0, 0.1) is 0 Å². The van der Waals surface area contributed by atoms with Crippen molar-refractivity contribution in [1.82, 2.24) is 0 Å². The first-order valence-electron chi connectivity index (χ1n) is 16.7. The van der Waals surface area contributed by atoms with Crippen molar-refractivity contribution in [2.75, 3.05) is 172 Å². The van der Waals surface area contributed by atoms with Gasteiger partial charge < -0.3 is 71.8 Å². The molecule has 0 aliphatic heterocycles. The van der Waals surface area contributed by atoms with Gasteiger partial charge in [-0.1, -0.05) is 18.2 Å². The zero-order chi connectivity index (χ0) is 34.3. The average Bonchev–Trinajstić information content (AvgIpc) is 3.11. The summed E-state index contributed by atoms with van der Waals surface area (Å²) in [5, 5.41) is 17.2. The highest BCUT2D eigenvalue weighted by molar-refractivity contribution is 5.20. The first kappa shape index (κ1) is 44.5. The Morgan fingerprint density at radius 2 is 0.667 bits per heavy atom. The van der Waals surface area contributed by atoms with Gasteiger partial charge in [-0.15, -0.1) is 0 Å². The molecule has 48 heavy (non-hydrogen) atoms. The number of ether oxygens (including phenoxy) is 13. The lowest BCUT2D eigenvalue weighted by Gasteiger charge is -2.19. The van der Waals surface area contributed by atoms with Crippen LogP contribution in [0.4, 0.5) is 0 Å². The quantitative estimate of drug-likeness (QED) is 0.0919. The normalized spacial score (nSPS) is 12.1. The monoisotopic (exact) mass is 696 g/mol. The Balaban J connectivity index is 1.98. The topological polar surface area (TPSA) is 160 Å². The van der Waals surface area contributed by atoms with Gasteiger partial charge in [-0.25, -0.2) is 0 Å². The molecule has 0 heterocycles. The minimum absolute atomic E-state index is 0.0154. The third-order valence-electron chi connectivity index (χ3n) is 5.88. The molecule has 0 saturated heterocycles. The molecule has 0 bridgehead atoms. The zero-order valence-electron chi connectivity index (χ0n) is 28.6. The second kappa shape index (κ2) is 38.3. The first-order valence-corrected chi connectivity index (χ1v) is 16.7. The van der Waals surface area contributed by atoms with Crippen molar-refractivity contribution in [1.29, 1.82) is 0 Å². The van der Waals surface area contributed by atoms with E-state index < -0.39 is 0 Å². The molecule has 2 N–H and O–H groups in total. The lowest BCUT2D eigenvalue weighted by molar-refractivity contribution is -0.0682. The van der Waals surface area contributed by atoms with E-state index in [-0.39, 0.29) is 19.3 Å². The third kappa shape index (κ3) is 33.0. The molecule has 0 aromatic heterocycles. The molecule has 0 saturated carbocycles. The van der Waals surface area contributed by atoms with Gasteiger partial charge in [0.15, 0.2) is 0 Å². The van der Waals surface area contributed by atoms with Gasteiger partial charge in [-0.05, 0) is 12.1 Å². The number of para-hydroxylation sites is 1. The fourth-order valence-electron chi connectivity index (χ4n) is 3.55. The summed E-state index contributed by atoms with van der Waals surface area (Å²) in [5.41, 5.74) is 0. The second-order valence-corrected chi connectivity index (χ2v) is 9.76. The van der Waals surface area contributed by atoms with Crippen LogP contribution < -0.4 is 4.74 Å². The van der Waals surface area contributed by atoms with Gasteiger partial charge in [0, 0.05) is 0 Å². The van der Waals surface area contributed by atoms with Crippen LogP contribution in [0.3, 0.4) is 0 Å². The van der Waals surface area contributed by atoms with Crippen molar-refractivity contribution in [2.45, 2.75) is 6.10 Å². The van der Waals surface area contributed by atoms with Gasteiger partial charge in [0.1, 0.15) is 18.5 Å². The van der Waals surface area contributed by atoms with E-state index in [9.17, 15) is 0 Å². The molecule has 1 aromatic rings. The number of rotatable bonds is 40. The highest BCUT2D eigenvalue weighted by Gasteiger charge is 2.11. The van der Waals surface area contributed by atoms with E-state index >= 15 is 0 Å². The Kier molecular flexibility index (Phi) is 35.5. The number of hydrogen-bond donors (Lipinski definition) is 2. The minimum atomic E-state index is -0.271. The number of aliphatic hydroxyl groups excluding tert-OH is 2. The summed E-state index contributed by atoms with van der Waals surface area (Å²) < 4.78 is 71.6. The van der Waals surface area contributed by atoms with E-state index in [1.54, 1.807) is 0 Å². The van der Waals surface area contributed by atoms with Crippen LogP contribution >= 0.6 is 0 Å². The molecule has 0 amide bonds. The molecule has 1 atom stereocenters. The molecule has 0 radical (unpaired) electrons. The van der Waals surface area contributed by atoms with Gasteiger partial charge >= 0.3 is 0 Å². The van der Waals surface area contributed by atoms with Crippen LogP contribution in [0.15, 0.2) is 30.3 Å². The molecule has 0 spiro atoms. The largest absolute Gasteiger partial charge is 0.491 e. The van der Waals surface area contributed by atoms with Crippen LogP contribution in [0.1, 0.15) is 0 Å². The van der Waals surface area contributed by atoms with Crippen molar-refractivity contribution in [2.24, 2.45) is 0 Å². The molecular weight excluding hydrogens is 636 g/mol. The van der Waals surface area contributed by atoms with Crippen molar-refractivity contribution < 1.29 is 71.8 Å². The van der Waals surface area contributed by atoms with Gasteiger partial charge in [-0.2, -0.15) is 0 Å². The maximum atomic E-state index is 8.62. The number of benzene rings is 1. The van der Waals surface area contributed by atoms with Gasteiger partial charge in [0.05, 0.1) is 165 Å². The van der Waals surface area contributed by atoms with Gasteiger partial charge in [-0.3, -0.25) is 0 Å². The van der Waals surface area contributed by atoms with Crippen molar-refractivity contribution in [3.05, 3.63) is 30.3 Å². The first-order chi connectivity index (χ1) is 23.9. The summed E-state index contributed by atoms with van der Waals surface area (Å²) >= 11 is 0. The summed E-state index contributed by atoms with van der Waals surface area (Å²) in [6.45, 7) is 10.6. The van der Waals surface area contributed by atoms with Crippen LogP contribution in [0.25, 0.3) is 0 Å². The smallest absolute Gasteiger partial charge is 0.119 e.